The molecule has 0 atom stereocenters. The molecule has 1 N–H and O–H groups in total. The fourth-order valence-corrected chi connectivity index (χ4v) is 4.05. The van der Waals surface area contributed by atoms with Crippen molar-refractivity contribution >= 4 is 47.2 Å². The van der Waals surface area contributed by atoms with Crippen LogP contribution in [0.25, 0.3) is 0 Å². The van der Waals surface area contributed by atoms with Crippen LogP contribution >= 0.6 is 24.0 Å². The Morgan fingerprint density at radius 2 is 1.75 bits per heavy atom. The van der Waals surface area contributed by atoms with E-state index in [9.17, 15) is 4.79 Å². The second kappa shape index (κ2) is 11.9. The summed E-state index contributed by atoms with van der Waals surface area (Å²) in [5.74, 6) is 1.74. The number of nitrogens with one attached hydrogen (secondary N) is 1. The van der Waals surface area contributed by atoms with Gasteiger partial charge in [-0.1, -0.05) is 30.3 Å². The number of hydrogen-bond donors (Lipinski definition) is 1. The van der Waals surface area contributed by atoms with E-state index in [0.29, 0.717) is 13.1 Å². The third-order valence-corrected chi connectivity index (χ3v) is 5.65. The lowest BCUT2D eigenvalue weighted by Crippen LogP contribution is -2.52. The summed E-state index contributed by atoms with van der Waals surface area (Å²) in [5.41, 5.74) is 2.13. The number of carbonyl (C=O) groups excluding carboxylic acids is 1. The molecule has 1 amide bonds. The Labute approximate surface area is 207 Å². The number of carbonyl (C=O) groups is 1. The molecule has 172 valence electrons. The molecule has 0 unspecified atom stereocenters. The molecule has 0 spiro atoms. The molecule has 2 aromatic carbocycles. The summed E-state index contributed by atoms with van der Waals surface area (Å²) in [4.78, 5) is 23.7. The highest BCUT2D eigenvalue weighted by molar-refractivity contribution is 14.0. The van der Waals surface area contributed by atoms with Crippen molar-refractivity contribution < 1.29 is 9.53 Å². The smallest absolute Gasteiger partial charge is 0.265 e. The van der Waals surface area contributed by atoms with E-state index >= 15 is 0 Å². The second-order valence-electron chi connectivity index (χ2n) is 7.70. The number of halogens is 1. The maximum Gasteiger partial charge on any atom is 0.265 e. The highest BCUT2D eigenvalue weighted by Gasteiger charge is 2.24. The van der Waals surface area contributed by atoms with Gasteiger partial charge in [-0.15, -0.1) is 24.0 Å². The van der Waals surface area contributed by atoms with Gasteiger partial charge in [0.1, 0.15) is 5.75 Å². The molecule has 0 aliphatic carbocycles. The predicted molar refractivity (Wildman–Crippen MR) is 141 cm³/mol. The lowest BCUT2D eigenvalue weighted by Gasteiger charge is -2.37. The van der Waals surface area contributed by atoms with Crippen molar-refractivity contribution in [2.24, 2.45) is 4.99 Å². The number of fused-ring (bicyclic) bond motifs is 1. The number of guanidine groups is 1. The SMILES string of the molecule is CCNC(=NCCCN1C(=O)COc2ccccc21)N1CCN(c2ccccc2)CC1.I. The molecule has 0 bridgehead atoms. The van der Waals surface area contributed by atoms with E-state index in [1.54, 1.807) is 0 Å². The molecule has 0 aromatic heterocycles. The van der Waals surface area contributed by atoms with Gasteiger partial charge in [0.2, 0.25) is 0 Å². The number of anilines is 2. The monoisotopic (exact) mass is 549 g/mol. The van der Waals surface area contributed by atoms with Crippen LogP contribution in [0.3, 0.4) is 0 Å². The van der Waals surface area contributed by atoms with Gasteiger partial charge in [0.15, 0.2) is 12.6 Å². The minimum atomic E-state index is 0. The van der Waals surface area contributed by atoms with E-state index in [1.165, 1.54) is 5.69 Å². The lowest BCUT2D eigenvalue weighted by molar-refractivity contribution is -0.121. The quantitative estimate of drug-likeness (QED) is 0.260. The Morgan fingerprint density at radius 3 is 2.50 bits per heavy atom. The van der Waals surface area contributed by atoms with Crippen LogP contribution in [0.2, 0.25) is 0 Å². The second-order valence-corrected chi connectivity index (χ2v) is 7.70. The molecule has 0 saturated carbocycles. The molecule has 2 aliphatic heterocycles. The zero-order chi connectivity index (χ0) is 21.5. The van der Waals surface area contributed by atoms with E-state index in [4.69, 9.17) is 9.73 Å². The molecule has 4 rings (SSSR count). The molecule has 0 radical (unpaired) electrons. The van der Waals surface area contributed by atoms with Gasteiger partial charge in [0.05, 0.1) is 5.69 Å². The number of ether oxygens (including phenoxy) is 1. The molecule has 1 saturated heterocycles. The van der Waals surface area contributed by atoms with E-state index in [2.05, 4.69) is 52.4 Å². The van der Waals surface area contributed by atoms with Gasteiger partial charge in [-0.25, -0.2) is 0 Å². The first-order valence-corrected chi connectivity index (χ1v) is 11.1. The van der Waals surface area contributed by atoms with Gasteiger partial charge in [-0.3, -0.25) is 9.79 Å². The third-order valence-electron chi connectivity index (χ3n) is 5.65. The minimum absolute atomic E-state index is 0. The zero-order valence-electron chi connectivity index (χ0n) is 18.6. The molecule has 7 nitrogen and oxygen atoms in total. The predicted octanol–water partition coefficient (Wildman–Crippen LogP) is 3.21. The van der Waals surface area contributed by atoms with Gasteiger partial charge in [-0.05, 0) is 37.6 Å². The van der Waals surface area contributed by atoms with E-state index < -0.39 is 0 Å². The number of benzene rings is 2. The van der Waals surface area contributed by atoms with Gasteiger partial charge in [-0.2, -0.15) is 0 Å². The van der Waals surface area contributed by atoms with Crippen LogP contribution in [0.4, 0.5) is 11.4 Å². The van der Waals surface area contributed by atoms with E-state index in [1.807, 2.05) is 29.2 Å². The fourth-order valence-electron chi connectivity index (χ4n) is 4.05. The normalized spacial score (nSPS) is 16.2. The lowest BCUT2D eigenvalue weighted by atomic mass is 10.2. The van der Waals surface area contributed by atoms with Crippen LogP contribution in [0.1, 0.15) is 13.3 Å². The summed E-state index contributed by atoms with van der Waals surface area (Å²) in [6.07, 6.45) is 0.805. The van der Waals surface area contributed by atoms with Gasteiger partial charge in [0, 0.05) is 51.5 Å². The number of amides is 1. The maximum atomic E-state index is 12.3. The number of nitrogens with zero attached hydrogens (tertiary/aromatic N) is 4. The molecule has 2 heterocycles. The minimum Gasteiger partial charge on any atom is -0.482 e. The molecular weight excluding hydrogens is 517 g/mol. The van der Waals surface area contributed by atoms with Crippen LogP contribution in [0.15, 0.2) is 59.6 Å². The first-order valence-electron chi connectivity index (χ1n) is 11.1. The van der Waals surface area contributed by atoms with Crippen molar-refractivity contribution in [3.63, 3.8) is 0 Å². The Balaban J connectivity index is 0.00000289. The van der Waals surface area contributed by atoms with Gasteiger partial charge in [0.25, 0.3) is 5.91 Å². The Bertz CT molecular complexity index is 900. The largest absolute Gasteiger partial charge is 0.482 e. The zero-order valence-corrected chi connectivity index (χ0v) is 20.9. The van der Waals surface area contributed by atoms with Crippen molar-refractivity contribution in [1.82, 2.24) is 10.2 Å². The average molecular weight is 549 g/mol. The number of piperazine rings is 1. The summed E-state index contributed by atoms with van der Waals surface area (Å²) in [7, 11) is 0. The number of aliphatic imine (C=N–C) groups is 1. The molecular formula is C24H32IN5O2. The number of para-hydroxylation sites is 3. The molecule has 2 aromatic rings. The van der Waals surface area contributed by atoms with Crippen LogP contribution in [-0.2, 0) is 4.79 Å². The Hall–Kier alpha value is -2.49. The van der Waals surface area contributed by atoms with Crippen LogP contribution in [0, 0.1) is 0 Å². The number of hydrogen-bond acceptors (Lipinski definition) is 4. The fraction of sp³-hybridized carbons (Fsp3) is 0.417. The third kappa shape index (κ3) is 5.85. The van der Waals surface area contributed by atoms with Crippen molar-refractivity contribution in [3.05, 3.63) is 54.6 Å². The van der Waals surface area contributed by atoms with Crippen LogP contribution < -0.4 is 19.9 Å². The highest BCUT2D eigenvalue weighted by atomic mass is 127. The first-order chi connectivity index (χ1) is 15.3. The summed E-state index contributed by atoms with van der Waals surface area (Å²) in [6.45, 7) is 8.20. The molecule has 1 fully saturated rings. The van der Waals surface area contributed by atoms with E-state index in [-0.39, 0.29) is 36.5 Å². The van der Waals surface area contributed by atoms with Gasteiger partial charge >= 0.3 is 0 Å². The number of rotatable bonds is 6. The summed E-state index contributed by atoms with van der Waals surface area (Å²) in [5, 5.41) is 3.43. The van der Waals surface area contributed by atoms with Crippen molar-refractivity contribution in [3.8, 4) is 5.75 Å². The Kier molecular flexibility index (Phi) is 9.01. The van der Waals surface area contributed by atoms with Crippen LogP contribution in [0.5, 0.6) is 5.75 Å². The van der Waals surface area contributed by atoms with Crippen LogP contribution in [-0.4, -0.2) is 69.2 Å². The molecule has 32 heavy (non-hydrogen) atoms. The standard InChI is InChI=1S/C24H31N5O2.HI/c1-2-25-24(28-17-15-27(16-18-28)20-9-4-3-5-10-20)26-13-8-14-29-21-11-6-7-12-22(21)31-19-23(29)30;/h3-7,9-12H,2,8,13-19H2,1H3,(H,25,26);1H. The molecule has 2 aliphatic rings. The average Bonchev–Trinajstić information content (AvgIpc) is 2.83. The summed E-state index contributed by atoms with van der Waals surface area (Å²) < 4.78 is 5.52. The molecule has 8 heteroatoms. The topological polar surface area (TPSA) is 60.4 Å². The van der Waals surface area contributed by atoms with E-state index in [0.717, 1.165) is 56.5 Å². The summed E-state index contributed by atoms with van der Waals surface area (Å²) >= 11 is 0. The highest BCUT2D eigenvalue weighted by Crippen LogP contribution is 2.31. The summed E-state index contributed by atoms with van der Waals surface area (Å²) in [6, 6.07) is 18.3. The van der Waals surface area contributed by atoms with Crippen molar-refractivity contribution in [2.45, 2.75) is 13.3 Å². The first kappa shape index (κ1) is 24.2. The Morgan fingerprint density at radius 1 is 1.03 bits per heavy atom. The van der Waals surface area contributed by atoms with Crippen molar-refractivity contribution in [1.29, 1.82) is 0 Å². The maximum absolute atomic E-state index is 12.3. The van der Waals surface area contributed by atoms with Crippen molar-refractivity contribution in [2.75, 3.05) is 62.2 Å². The van der Waals surface area contributed by atoms with Gasteiger partial charge < -0.3 is 24.8 Å².